The molecule has 0 aromatic carbocycles. The zero-order valence-corrected chi connectivity index (χ0v) is 17.6. The SMILES string of the molecule is CCCCCCCCCCCCC(C)C(OCC)(OCC)S(=O)(=O)O. The third-order valence-corrected chi connectivity index (χ3v) is 6.00. The maximum absolute atomic E-state index is 11.9. The summed E-state index contributed by atoms with van der Waals surface area (Å²) in [7, 11) is -4.46. The first-order valence-electron chi connectivity index (χ1n) is 10.1. The average Bonchev–Trinajstić information content (AvgIpc) is 2.55. The van der Waals surface area contributed by atoms with E-state index in [1.54, 1.807) is 20.8 Å². The molecule has 152 valence electrons. The van der Waals surface area contributed by atoms with Gasteiger partial charge in [-0.3, -0.25) is 4.55 Å². The predicted octanol–water partition coefficient (Wildman–Crippen LogP) is 5.55. The third kappa shape index (κ3) is 9.36. The molecule has 0 radical (unpaired) electrons. The van der Waals surface area contributed by atoms with Crippen molar-refractivity contribution in [3.63, 3.8) is 0 Å². The number of hydrogen-bond donors (Lipinski definition) is 1. The first-order valence-corrected chi connectivity index (χ1v) is 11.5. The second-order valence-electron chi connectivity index (χ2n) is 6.82. The van der Waals surface area contributed by atoms with Crippen LogP contribution in [0.25, 0.3) is 0 Å². The molecule has 0 fully saturated rings. The van der Waals surface area contributed by atoms with Gasteiger partial charge in [0.15, 0.2) is 0 Å². The van der Waals surface area contributed by atoms with E-state index in [2.05, 4.69) is 6.92 Å². The summed E-state index contributed by atoms with van der Waals surface area (Å²) in [6.07, 6.45) is 12.9. The first-order chi connectivity index (χ1) is 11.9. The molecule has 0 aliphatic rings. The third-order valence-electron chi connectivity index (χ3n) is 4.64. The maximum atomic E-state index is 11.9. The largest absolute Gasteiger partial charge is 0.336 e. The van der Waals surface area contributed by atoms with Crippen LogP contribution >= 0.6 is 0 Å². The molecule has 25 heavy (non-hydrogen) atoms. The highest BCUT2D eigenvalue weighted by Crippen LogP contribution is 2.33. The van der Waals surface area contributed by atoms with Gasteiger partial charge in [0, 0.05) is 19.1 Å². The molecule has 0 saturated carbocycles. The van der Waals surface area contributed by atoms with E-state index in [1.165, 1.54) is 51.4 Å². The van der Waals surface area contributed by atoms with E-state index >= 15 is 0 Å². The van der Waals surface area contributed by atoms with Crippen molar-refractivity contribution < 1.29 is 22.4 Å². The summed E-state index contributed by atoms with van der Waals surface area (Å²) < 4.78 is 44.1. The van der Waals surface area contributed by atoms with Gasteiger partial charge in [0.1, 0.15) is 0 Å². The van der Waals surface area contributed by atoms with Crippen molar-refractivity contribution in [2.75, 3.05) is 13.2 Å². The lowest BCUT2D eigenvalue weighted by molar-refractivity contribution is -0.205. The molecule has 0 amide bonds. The number of hydrogen-bond acceptors (Lipinski definition) is 4. The zero-order valence-electron chi connectivity index (χ0n) is 16.8. The van der Waals surface area contributed by atoms with Crippen LogP contribution in [-0.4, -0.2) is 31.3 Å². The van der Waals surface area contributed by atoms with Gasteiger partial charge < -0.3 is 9.47 Å². The van der Waals surface area contributed by atoms with Crippen LogP contribution in [0.3, 0.4) is 0 Å². The van der Waals surface area contributed by atoms with Crippen LogP contribution in [0.4, 0.5) is 0 Å². The molecule has 0 heterocycles. The highest BCUT2D eigenvalue weighted by Gasteiger charge is 2.50. The number of rotatable bonds is 17. The van der Waals surface area contributed by atoms with Crippen molar-refractivity contribution in [3.05, 3.63) is 0 Å². The number of unbranched alkanes of at least 4 members (excludes halogenated alkanes) is 9. The molecule has 1 atom stereocenters. The van der Waals surface area contributed by atoms with Gasteiger partial charge >= 0.3 is 15.2 Å². The second-order valence-corrected chi connectivity index (χ2v) is 8.34. The normalized spacial score (nSPS) is 14.0. The van der Waals surface area contributed by atoms with Gasteiger partial charge in [-0.25, -0.2) is 0 Å². The van der Waals surface area contributed by atoms with Gasteiger partial charge in [0.05, 0.1) is 0 Å². The summed E-state index contributed by atoms with van der Waals surface area (Å²) in [6, 6.07) is 0. The van der Waals surface area contributed by atoms with E-state index in [1.807, 2.05) is 0 Å². The molecule has 0 bridgehead atoms. The summed E-state index contributed by atoms with van der Waals surface area (Å²) >= 11 is 0. The van der Waals surface area contributed by atoms with Gasteiger partial charge in [-0.05, 0) is 20.3 Å². The van der Waals surface area contributed by atoms with Crippen molar-refractivity contribution in [2.24, 2.45) is 5.92 Å². The topological polar surface area (TPSA) is 72.8 Å². The Labute approximate surface area is 155 Å². The van der Waals surface area contributed by atoms with Crippen LogP contribution < -0.4 is 0 Å². The van der Waals surface area contributed by atoms with Crippen molar-refractivity contribution in [2.45, 2.75) is 103 Å². The van der Waals surface area contributed by atoms with Crippen LogP contribution in [-0.2, 0) is 19.6 Å². The minimum absolute atomic E-state index is 0.169. The molecule has 1 N–H and O–H groups in total. The Balaban J connectivity index is 4.17. The fourth-order valence-electron chi connectivity index (χ4n) is 3.25. The summed E-state index contributed by atoms with van der Waals surface area (Å²) in [5, 5.41) is -1.93. The minimum atomic E-state index is -4.46. The summed E-state index contributed by atoms with van der Waals surface area (Å²) in [4.78, 5) is 0. The van der Waals surface area contributed by atoms with Crippen molar-refractivity contribution in [3.8, 4) is 0 Å². The molecule has 0 aromatic rings. The standard InChI is InChI=1S/C19H40O5S/c1-5-8-9-10-11-12-13-14-15-16-17-18(4)19(23-6-2,24-7-3)25(20,21)22/h18H,5-17H2,1-4H3,(H,20,21,22). The van der Waals surface area contributed by atoms with Gasteiger partial charge in [-0.1, -0.05) is 78.1 Å². The average molecular weight is 381 g/mol. The predicted molar refractivity (Wildman–Crippen MR) is 103 cm³/mol. The number of ether oxygens (including phenoxy) is 2. The van der Waals surface area contributed by atoms with Gasteiger partial charge in [-0.15, -0.1) is 0 Å². The molecule has 0 aromatic heterocycles. The Hall–Kier alpha value is -0.170. The van der Waals surface area contributed by atoms with Crippen LogP contribution in [0.15, 0.2) is 0 Å². The van der Waals surface area contributed by atoms with Crippen molar-refractivity contribution in [1.82, 2.24) is 0 Å². The zero-order chi connectivity index (χ0) is 19.2. The molecule has 0 aliphatic heterocycles. The highest BCUT2D eigenvalue weighted by molar-refractivity contribution is 7.86. The van der Waals surface area contributed by atoms with Gasteiger partial charge in [0.25, 0.3) is 0 Å². The summed E-state index contributed by atoms with van der Waals surface area (Å²) in [6.45, 7) is 7.74. The van der Waals surface area contributed by atoms with E-state index in [0.29, 0.717) is 6.42 Å². The fourth-order valence-corrected chi connectivity index (χ4v) is 4.41. The van der Waals surface area contributed by atoms with E-state index in [-0.39, 0.29) is 13.2 Å². The van der Waals surface area contributed by atoms with E-state index in [9.17, 15) is 13.0 Å². The van der Waals surface area contributed by atoms with Crippen LogP contribution in [0, 0.1) is 5.92 Å². The van der Waals surface area contributed by atoms with E-state index < -0.39 is 21.2 Å². The lowest BCUT2D eigenvalue weighted by atomic mass is 10.0. The molecule has 0 spiro atoms. The first kappa shape index (κ1) is 24.8. The maximum Gasteiger partial charge on any atom is 0.322 e. The minimum Gasteiger partial charge on any atom is -0.336 e. The Bertz CT molecular complexity index is 402. The molecule has 5 nitrogen and oxygen atoms in total. The highest BCUT2D eigenvalue weighted by atomic mass is 32.2. The van der Waals surface area contributed by atoms with Gasteiger partial charge in [-0.2, -0.15) is 8.42 Å². The Kier molecular flexibility index (Phi) is 13.9. The Morgan fingerprint density at radius 1 is 0.800 bits per heavy atom. The summed E-state index contributed by atoms with van der Waals surface area (Å²) in [5.41, 5.74) is 0. The van der Waals surface area contributed by atoms with Crippen LogP contribution in [0.2, 0.25) is 0 Å². The van der Waals surface area contributed by atoms with E-state index in [4.69, 9.17) is 9.47 Å². The van der Waals surface area contributed by atoms with E-state index in [0.717, 1.165) is 12.8 Å². The molecule has 0 aliphatic carbocycles. The van der Waals surface area contributed by atoms with Crippen LogP contribution in [0.5, 0.6) is 0 Å². The summed E-state index contributed by atoms with van der Waals surface area (Å²) in [5.74, 6) is -0.420. The Morgan fingerprint density at radius 3 is 1.56 bits per heavy atom. The smallest absolute Gasteiger partial charge is 0.322 e. The molecule has 6 heteroatoms. The van der Waals surface area contributed by atoms with Gasteiger partial charge in [0.2, 0.25) is 0 Å². The second kappa shape index (κ2) is 14.0. The Morgan fingerprint density at radius 2 is 1.20 bits per heavy atom. The monoisotopic (exact) mass is 380 g/mol. The van der Waals surface area contributed by atoms with Crippen LogP contribution in [0.1, 0.15) is 98.3 Å². The molecule has 0 rings (SSSR count). The lowest BCUT2D eigenvalue weighted by Crippen LogP contribution is -2.49. The van der Waals surface area contributed by atoms with Crippen molar-refractivity contribution in [1.29, 1.82) is 0 Å². The molecular weight excluding hydrogens is 340 g/mol. The molecule has 0 saturated heterocycles. The lowest BCUT2D eigenvalue weighted by Gasteiger charge is -2.35. The van der Waals surface area contributed by atoms with Crippen molar-refractivity contribution >= 4 is 10.1 Å². The quantitative estimate of drug-likeness (QED) is 0.203. The molecule has 1 unspecified atom stereocenters. The fraction of sp³-hybridized carbons (Fsp3) is 1.00. The molecular formula is C19H40O5S.